The second kappa shape index (κ2) is 7.33. The van der Waals surface area contributed by atoms with Gasteiger partial charge in [0.25, 0.3) is 5.91 Å². The van der Waals surface area contributed by atoms with Crippen LogP contribution in [0.2, 0.25) is 0 Å². The van der Waals surface area contributed by atoms with Gasteiger partial charge in [0.05, 0.1) is 10.6 Å². The van der Waals surface area contributed by atoms with Gasteiger partial charge in [0, 0.05) is 24.7 Å². The minimum Gasteiger partial charge on any atom is -0.307 e. The van der Waals surface area contributed by atoms with Crippen LogP contribution in [0.3, 0.4) is 0 Å². The lowest BCUT2D eigenvalue weighted by Gasteiger charge is -2.32. The summed E-state index contributed by atoms with van der Waals surface area (Å²) < 4.78 is 27.5. The second-order valence-corrected chi connectivity index (χ2v) is 9.66. The van der Waals surface area contributed by atoms with Gasteiger partial charge in [-0.05, 0) is 68.5 Å². The van der Waals surface area contributed by atoms with Crippen LogP contribution in [0.25, 0.3) is 0 Å². The number of carbonyl (C=O) groups is 1. The Kier molecular flexibility index (Phi) is 5.02. The molecule has 0 spiro atoms. The largest absolute Gasteiger partial charge is 0.307 e. The maximum absolute atomic E-state index is 13.0. The van der Waals surface area contributed by atoms with E-state index in [-0.39, 0.29) is 16.8 Å². The molecule has 0 aromatic heterocycles. The molecule has 2 aliphatic heterocycles. The molecule has 4 rings (SSSR count). The zero-order valence-corrected chi connectivity index (χ0v) is 17.2. The summed E-state index contributed by atoms with van der Waals surface area (Å²) in [7, 11) is -3.52. The molecule has 1 atom stereocenters. The summed E-state index contributed by atoms with van der Waals surface area (Å²) in [5.41, 5.74) is 3.78. The minimum atomic E-state index is -3.52. The Morgan fingerprint density at radius 1 is 1.04 bits per heavy atom. The Morgan fingerprint density at radius 2 is 1.79 bits per heavy atom. The molecule has 0 aliphatic carbocycles. The Bertz CT molecular complexity index is 999. The zero-order chi connectivity index (χ0) is 19.9. The number of hydrogen-bond donors (Lipinski definition) is 0. The van der Waals surface area contributed by atoms with Gasteiger partial charge in [-0.25, -0.2) is 8.42 Å². The topological polar surface area (TPSA) is 57.7 Å². The number of fused-ring (bicyclic) bond motifs is 1. The van der Waals surface area contributed by atoms with Crippen LogP contribution < -0.4 is 4.90 Å². The summed E-state index contributed by atoms with van der Waals surface area (Å²) in [6, 6.07) is 12.5. The van der Waals surface area contributed by atoms with Gasteiger partial charge >= 0.3 is 0 Å². The van der Waals surface area contributed by atoms with Crippen molar-refractivity contribution in [1.82, 2.24) is 4.31 Å². The Labute approximate surface area is 167 Å². The van der Waals surface area contributed by atoms with E-state index < -0.39 is 10.0 Å². The van der Waals surface area contributed by atoms with E-state index in [0.29, 0.717) is 18.7 Å². The van der Waals surface area contributed by atoms with E-state index in [1.54, 1.807) is 33.5 Å². The highest BCUT2D eigenvalue weighted by Gasteiger charge is 2.31. The monoisotopic (exact) mass is 398 g/mol. The fourth-order valence-electron chi connectivity index (χ4n) is 4.34. The molecule has 1 amide bonds. The number of nitrogens with zero attached hydrogens (tertiary/aromatic N) is 2. The van der Waals surface area contributed by atoms with E-state index >= 15 is 0 Å². The summed E-state index contributed by atoms with van der Waals surface area (Å²) in [6.45, 7) is 5.19. The molecule has 1 unspecified atom stereocenters. The third-order valence-corrected chi connectivity index (χ3v) is 7.92. The van der Waals surface area contributed by atoms with Crippen LogP contribution in [0.1, 0.15) is 47.7 Å². The van der Waals surface area contributed by atoms with E-state index in [2.05, 4.69) is 6.07 Å². The molecule has 2 heterocycles. The molecule has 1 saturated heterocycles. The number of para-hydroxylation sites is 1. The van der Waals surface area contributed by atoms with Crippen molar-refractivity contribution in [3.63, 3.8) is 0 Å². The standard InChI is InChI=1S/C22H26N2O3S/c1-16-6-5-8-18-13-15-23(21(16)18)22(25)19-9-11-20(12-10-19)28(26,27)24-14-4-3-7-17(24)2/h5-6,8-12,17H,3-4,7,13-15H2,1-2H3. The number of benzene rings is 2. The van der Waals surface area contributed by atoms with Crippen LogP contribution in [0.15, 0.2) is 47.4 Å². The number of hydrogen-bond acceptors (Lipinski definition) is 3. The van der Waals surface area contributed by atoms with Crippen molar-refractivity contribution in [2.45, 2.75) is 50.5 Å². The van der Waals surface area contributed by atoms with Gasteiger partial charge in [-0.15, -0.1) is 0 Å². The fourth-order valence-corrected chi connectivity index (χ4v) is 6.04. The number of aryl methyl sites for hydroxylation is 1. The smallest absolute Gasteiger partial charge is 0.258 e. The third-order valence-electron chi connectivity index (χ3n) is 5.89. The summed E-state index contributed by atoms with van der Waals surface area (Å²) in [6.07, 6.45) is 3.71. The number of piperidine rings is 1. The van der Waals surface area contributed by atoms with Gasteiger partial charge in [-0.2, -0.15) is 4.31 Å². The molecule has 28 heavy (non-hydrogen) atoms. The van der Waals surface area contributed by atoms with E-state index in [1.165, 1.54) is 5.56 Å². The van der Waals surface area contributed by atoms with E-state index in [1.807, 2.05) is 26.0 Å². The average Bonchev–Trinajstić information content (AvgIpc) is 3.13. The van der Waals surface area contributed by atoms with Crippen LogP contribution in [0.5, 0.6) is 0 Å². The molecule has 0 bridgehead atoms. The molecule has 2 aromatic rings. The minimum absolute atomic E-state index is 0.0177. The quantitative estimate of drug-likeness (QED) is 0.791. The SMILES string of the molecule is Cc1cccc2c1N(C(=O)c1ccc(S(=O)(=O)N3CCCCC3C)cc1)CC2. The normalized spacial score (nSPS) is 20.2. The van der Waals surface area contributed by atoms with E-state index in [9.17, 15) is 13.2 Å². The molecule has 0 radical (unpaired) electrons. The van der Waals surface area contributed by atoms with Crippen LogP contribution in [-0.2, 0) is 16.4 Å². The van der Waals surface area contributed by atoms with Gasteiger partial charge < -0.3 is 4.90 Å². The molecule has 0 N–H and O–H groups in total. The first-order chi connectivity index (χ1) is 13.4. The second-order valence-electron chi connectivity index (χ2n) is 7.77. The van der Waals surface area contributed by atoms with Crippen LogP contribution in [0, 0.1) is 6.92 Å². The van der Waals surface area contributed by atoms with Crippen molar-refractivity contribution in [2.24, 2.45) is 0 Å². The molecule has 1 fully saturated rings. The molecule has 2 aromatic carbocycles. The number of carbonyl (C=O) groups excluding carboxylic acids is 1. The molecular weight excluding hydrogens is 372 g/mol. The predicted octanol–water partition coefficient (Wildman–Crippen LogP) is 3.76. The molecule has 148 valence electrons. The summed E-state index contributed by atoms with van der Waals surface area (Å²) >= 11 is 0. The van der Waals surface area contributed by atoms with Gasteiger partial charge in [0.15, 0.2) is 0 Å². The first-order valence-corrected chi connectivity index (χ1v) is 11.4. The fraction of sp³-hybridized carbons (Fsp3) is 0.409. The Hall–Kier alpha value is -2.18. The third kappa shape index (κ3) is 3.25. The van der Waals surface area contributed by atoms with Crippen molar-refractivity contribution in [1.29, 1.82) is 0 Å². The van der Waals surface area contributed by atoms with E-state index in [0.717, 1.165) is 36.9 Å². The number of anilines is 1. The van der Waals surface area contributed by atoms with Gasteiger partial charge in [-0.1, -0.05) is 24.6 Å². The number of sulfonamides is 1. The van der Waals surface area contributed by atoms with Crippen molar-refractivity contribution in [3.8, 4) is 0 Å². The maximum Gasteiger partial charge on any atom is 0.258 e. The highest BCUT2D eigenvalue weighted by molar-refractivity contribution is 7.89. The lowest BCUT2D eigenvalue weighted by Crippen LogP contribution is -2.41. The summed E-state index contributed by atoms with van der Waals surface area (Å²) in [4.78, 5) is 15.1. The first kappa shape index (κ1) is 19.2. The molecule has 2 aliphatic rings. The lowest BCUT2D eigenvalue weighted by atomic mass is 10.1. The molecule has 0 saturated carbocycles. The van der Waals surface area contributed by atoms with Gasteiger partial charge in [0.1, 0.15) is 0 Å². The highest BCUT2D eigenvalue weighted by atomic mass is 32.2. The van der Waals surface area contributed by atoms with Crippen LogP contribution in [0.4, 0.5) is 5.69 Å². The first-order valence-electron chi connectivity index (χ1n) is 9.92. The summed E-state index contributed by atoms with van der Waals surface area (Å²) in [5, 5.41) is 0. The van der Waals surface area contributed by atoms with Gasteiger partial charge in [0.2, 0.25) is 10.0 Å². The van der Waals surface area contributed by atoms with Crippen LogP contribution >= 0.6 is 0 Å². The Balaban J connectivity index is 1.58. The predicted molar refractivity (Wildman–Crippen MR) is 110 cm³/mol. The molecular formula is C22H26N2O3S. The molecule has 5 nitrogen and oxygen atoms in total. The highest BCUT2D eigenvalue weighted by Crippen LogP contribution is 2.33. The average molecular weight is 399 g/mol. The summed E-state index contributed by atoms with van der Waals surface area (Å²) in [5.74, 6) is -0.0802. The van der Waals surface area contributed by atoms with Crippen molar-refractivity contribution in [3.05, 3.63) is 59.2 Å². The zero-order valence-electron chi connectivity index (χ0n) is 16.4. The number of rotatable bonds is 3. The van der Waals surface area contributed by atoms with Crippen molar-refractivity contribution in [2.75, 3.05) is 18.0 Å². The Morgan fingerprint density at radius 3 is 2.50 bits per heavy atom. The molecule has 6 heteroatoms. The van der Waals surface area contributed by atoms with E-state index in [4.69, 9.17) is 0 Å². The maximum atomic E-state index is 13.0. The van der Waals surface area contributed by atoms with Crippen molar-refractivity contribution >= 4 is 21.6 Å². The van der Waals surface area contributed by atoms with Gasteiger partial charge in [-0.3, -0.25) is 4.79 Å². The lowest BCUT2D eigenvalue weighted by molar-refractivity contribution is 0.0989. The number of amides is 1. The van der Waals surface area contributed by atoms with Crippen molar-refractivity contribution < 1.29 is 13.2 Å². The van der Waals surface area contributed by atoms with Crippen LogP contribution in [-0.4, -0.2) is 37.8 Å².